The van der Waals surface area contributed by atoms with Gasteiger partial charge in [-0.3, -0.25) is 20.0 Å². The molecule has 5 nitrogen and oxygen atoms in total. The van der Waals surface area contributed by atoms with Gasteiger partial charge >= 0.3 is 0 Å². The summed E-state index contributed by atoms with van der Waals surface area (Å²) >= 11 is 0. The van der Waals surface area contributed by atoms with Crippen molar-refractivity contribution in [3.05, 3.63) is 65.0 Å². The quantitative estimate of drug-likeness (QED) is 0.862. The van der Waals surface area contributed by atoms with Crippen molar-refractivity contribution in [2.24, 2.45) is 0 Å². The van der Waals surface area contributed by atoms with Crippen LogP contribution in [0, 0.1) is 13.8 Å². The molecule has 5 heteroatoms. The molecule has 0 fully saturated rings. The Labute approximate surface area is 142 Å². The Morgan fingerprint density at radius 1 is 1.08 bits per heavy atom. The first-order valence-corrected chi connectivity index (χ1v) is 7.83. The first-order chi connectivity index (χ1) is 11.2. The van der Waals surface area contributed by atoms with Gasteiger partial charge in [0.1, 0.15) is 0 Å². The van der Waals surface area contributed by atoms with E-state index in [9.17, 15) is 9.59 Å². The molecule has 0 bridgehead atoms. The molecular formula is C19H23N3O2. The van der Waals surface area contributed by atoms with E-state index in [-0.39, 0.29) is 11.8 Å². The minimum Gasteiger partial charge on any atom is -0.267 e. The lowest BCUT2D eigenvalue weighted by Crippen LogP contribution is -2.56. The van der Waals surface area contributed by atoms with Crippen molar-refractivity contribution in [1.82, 2.24) is 15.4 Å². The zero-order chi connectivity index (χ0) is 17.9. The maximum absolute atomic E-state index is 13.0. The Balaban J connectivity index is 2.34. The van der Waals surface area contributed by atoms with E-state index >= 15 is 0 Å². The normalized spacial score (nSPS) is 11.0. The minimum atomic E-state index is -0.578. The SMILES string of the molecule is Cc1cccc(C(=O)N(NC(=O)c2cccnc2)C(C)(C)C)c1C. The number of hydrogen-bond acceptors (Lipinski definition) is 3. The zero-order valence-electron chi connectivity index (χ0n) is 14.8. The molecule has 0 spiro atoms. The number of aryl methyl sites for hydroxylation is 1. The Hall–Kier alpha value is -2.69. The molecule has 1 heterocycles. The highest BCUT2D eigenvalue weighted by atomic mass is 16.2. The van der Waals surface area contributed by atoms with E-state index in [2.05, 4.69) is 10.4 Å². The molecule has 1 aromatic carbocycles. The number of rotatable bonds is 2. The molecule has 0 aliphatic heterocycles. The fraction of sp³-hybridized carbons (Fsp3) is 0.316. The predicted molar refractivity (Wildman–Crippen MR) is 93.5 cm³/mol. The summed E-state index contributed by atoms with van der Waals surface area (Å²) in [4.78, 5) is 29.4. The van der Waals surface area contributed by atoms with Crippen LogP contribution in [0.3, 0.4) is 0 Å². The van der Waals surface area contributed by atoms with E-state index in [1.54, 1.807) is 24.4 Å². The number of carbonyl (C=O) groups is 2. The fourth-order valence-electron chi connectivity index (χ4n) is 2.29. The van der Waals surface area contributed by atoms with Crippen LogP contribution in [0.5, 0.6) is 0 Å². The molecule has 0 atom stereocenters. The summed E-state index contributed by atoms with van der Waals surface area (Å²) < 4.78 is 0. The molecule has 2 rings (SSSR count). The molecule has 0 aliphatic carbocycles. The summed E-state index contributed by atoms with van der Waals surface area (Å²) in [5, 5.41) is 1.38. The van der Waals surface area contributed by atoms with Crippen molar-refractivity contribution < 1.29 is 9.59 Å². The number of amides is 2. The number of carbonyl (C=O) groups excluding carboxylic acids is 2. The van der Waals surface area contributed by atoms with Crippen LogP contribution in [0.4, 0.5) is 0 Å². The number of aromatic nitrogens is 1. The van der Waals surface area contributed by atoms with E-state index in [1.807, 2.05) is 46.8 Å². The van der Waals surface area contributed by atoms with Gasteiger partial charge in [-0.25, -0.2) is 5.01 Å². The van der Waals surface area contributed by atoms with E-state index in [1.165, 1.54) is 11.2 Å². The highest BCUT2D eigenvalue weighted by molar-refractivity contribution is 6.00. The maximum atomic E-state index is 13.0. The van der Waals surface area contributed by atoms with Crippen LogP contribution < -0.4 is 5.43 Å². The van der Waals surface area contributed by atoms with Gasteiger partial charge in [0.2, 0.25) is 0 Å². The minimum absolute atomic E-state index is 0.235. The fourth-order valence-corrected chi connectivity index (χ4v) is 2.29. The lowest BCUT2D eigenvalue weighted by atomic mass is 10.0. The molecule has 0 radical (unpaired) electrons. The third-order valence-corrected chi connectivity index (χ3v) is 3.85. The molecule has 0 saturated carbocycles. The molecule has 1 aromatic heterocycles. The van der Waals surface area contributed by atoms with Crippen molar-refractivity contribution in [2.45, 2.75) is 40.2 Å². The second-order valence-electron chi connectivity index (χ2n) is 6.74. The van der Waals surface area contributed by atoms with Crippen molar-refractivity contribution in [3.63, 3.8) is 0 Å². The average Bonchev–Trinajstić information content (AvgIpc) is 2.54. The van der Waals surface area contributed by atoms with Crippen LogP contribution in [0.15, 0.2) is 42.7 Å². The van der Waals surface area contributed by atoms with Gasteiger partial charge < -0.3 is 0 Å². The Kier molecular flexibility index (Phi) is 5.02. The molecule has 2 aromatic rings. The molecule has 24 heavy (non-hydrogen) atoms. The molecular weight excluding hydrogens is 302 g/mol. The first-order valence-electron chi connectivity index (χ1n) is 7.83. The number of hydrogen-bond donors (Lipinski definition) is 1. The molecule has 0 saturated heterocycles. The van der Waals surface area contributed by atoms with E-state index < -0.39 is 5.54 Å². The van der Waals surface area contributed by atoms with E-state index in [0.717, 1.165) is 11.1 Å². The van der Waals surface area contributed by atoms with Crippen molar-refractivity contribution >= 4 is 11.8 Å². The summed E-state index contributed by atoms with van der Waals surface area (Å²) in [6.45, 7) is 9.49. The molecule has 126 valence electrons. The molecule has 0 aliphatic rings. The van der Waals surface area contributed by atoms with Crippen LogP contribution in [-0.2, 0) is 0 Å². The van der Waals surface area contributed by atoms with Crippen molar-refractivity contribution in [2.75, 3.05) is 0 Å². The molecule has 1 N–H and O–H groups in total. The van der Waals surface area contributed by atoms with Gasteiger partial charge in [-0.1, -0.05) is 12.1 Å². The third-order valence-electron chi connectivity index (χ3n) is 3.85. The summed E-state index contributed by atoms with van der Waals surface area (Å²) in [6, 6.07) is 8.93. The van der Waals surface area contributed by atoms with Crippen molar-refractivity contribution in [1.29, 1.82) is 0 Å². The Morgan fingerprint density at radius 3 is 2.38 bits per heavy atom. The average molecular weight is 325 g/mol. The van der Waals surface area contributed by atoms with E-state index in [0.29, 0.717) is 11.1 Å². The first kappa shape index (κ1) is 17.7. The van der Waals surface area contributed by atoms with E-state index in [4.69, 9.17) is 0 Å². The number of hydrazine groups is 1. The summed E-state index contributed by atoms with van der Waals surface area (Å²) in [6.07, 6.45) is 3.07. The number of nitrogens with one attached hydrogen (secondary N) is 1. The predicted octanol–water partition coefficient (Wildman–Crippen LogP) is 3.28. The zero-order valence-corrected chi connectivity index (χ0v) is 14.8. The van der Waals surface area contributed by atoms with Gasteiger partial charge in [-0.2, -0.15) is 0 Å². The second kappa shape index (κ2) is 6.83. The van der Waals surface area contributed by atoms with Gasteiger partial charge in [0.25, 0.3) is 11.8 Å². The second-order valence-corrected chi connectivity index (χ2v) is 6.74. The summed E-state index contributed by atoms with van der Waals surface area (Å²) in [5.74, 6) is -0.599. The summed E-state index contributed by atoms with van der Waals surface area (Å²) in [5.41, 5.74) is 5.07. The van der Waals surface area contributed by atoms with Crippen LogP contribution in [0.1, 0.15) is 52.6 Å². The third kappa shape index (κ3) is 3.79. The lowest BCUT2D eigenvalue weighted by molar-refractivity contribution is 0.0358. The van der Waals surface area contributed by atoms with Crippen LogP contribution in [0.25, 0.3) is 0 Å². The monoisotopic (exact) mass is 325 g/mol. The van der Waals surface area contributed by atoms with Gasteiger partial charge in [0, 0.05) is 18.0 Å². The summed E-state index contributed by atoms with van der Waals surface area (Å²) in [7, 11) is 0. The number of benzene rings is 1. The van der Waals surface area contributed by atoms with Gasteiger partial charge in [-0.05, 0) is 63.9 Å². The molecule has 2 amide bonds. The van der Waals surface area contributed by atoms with Crippen LogP contribution in [0.2, 0.25) is 0 Å². The van der Waals surface area contributed by atoms with Gasteiger partial charge in [0.15, 0.2) is 0 Å². The maximum Gasteiger partial charge on any atom is 0.273 e. The van der Waals surface area contributed by atoms with Crippen molar-refractivity contribution in [3.8, 4) is 0 Å². The molecule has 0 unspecified atom stereocenters. The Morgan fingerprint density at radius 2 is 1.79 bits per heavy atom. The standard InChI is InChI=1S/C19H23N3O2/c1-13-8-6-10-16(14(13)2)18(24)22(19(3,4)5)21-17(23)15-9-7-11-20-12-15/h6-12H,1-5H3,(H,21,23). The number of pyridine rings is 1. The van der Waals surface area contributed by atoms with Gasteiger partial charge in [0.05, 0.1) is 11.1 Å². The Bertz CT molecular complexity index is 749. The smallest absolute Gasteiger partial charge is 0.267 e. The highest BCUT2D eigenvalue weighted by Crippen LogP contribution is 2.19. The largest absolute Gasteiger partial charge is 0.273 e. The highest BCUT2D eigenvalue weighted by Gasteiger charge is 2.30. The topological polar surface area (TPSA) is 62.3 Å². The number of nitrogens with zero attached hydrogens (tertiary/aromatic N) is 2. The van der Waals surface area contributed by atoms with Crippen LogP contribution >= 0.6 is 0 Å². The lowest BCUT2D eigenvalue weighted by Gasteiger charge is -2.36. The van der Waals surface area contributed by atoms with Gasteiger partial charge in [-0.15, -0.1) is 0 Å². The van der Waals surface area contributed by atoms with Crippen LogP contribution in [-0.4, -0.2) is 27.3 Å².